The highest BCUT2D eigenvalue weighted by atomic mass is 16.5. The molecule has 0 aromatic rings. The molecule has 0 aromatic heterocycles. The topological polar surface area (TPSA) is 55.4 Å². The van der Waals surface area contributed by atoms with Gasteiger partial charge in [0.1, 0.15) is 6.04 Å². The van der Waals surface area contributed by atoms with Crippen molar-refractivity contribution in [2.75, 3.05) is 7.11 Å². The van der Waals surface area contributed by atoms with Gasteiger partial charge < -0.3 is 10.1 Å². The van der Waals surface area contributed by atoms with E-state index in [4.69, 9.17) is 0 Å². The van der Waals surface area contributed by atoms with E-state index >= 15 is 0 Å². The lowest BCUT2D eigenvalue weighted by molar-refractivity contribution is -0.144. The Balaban J connectivity index is 4.26. The number of rotatable bonds is 4. The van der Waals surface area contributed by atoms with Gasteiger partial charge in [-0.25, -0.2) is 4.79 Å². The zero-order chi connectivity index (χ0) is 10.4. The molecule has 0 aliphatic carbocycles. The van der Waals surface area contributed by atoms with Crippen molar-refractivity contribution in [3.8, 4) is 0 Å². The fourth-order valence-corrected chi connectivity index (χ4v) is 0.929. The van der Waals surface area contributed by atoms with E-state index in [1.165, 1.54) is 14.0 Å². The zero-order valence-corrected chi connectivity index (χ0v) is 8.22. The van der Waals surface area contributed by atoms with E-state index in [1.54, 1.807) is 6.92 Å². The number of hydrogen-bond donors (Lipinski definition) is 1. The number of hydrogen-bond acceptors (Lipinski definition) is 3. The molecule has 4 nitrogen and oxygen atoms in total. The Morgan fingerprint density at radius 2 is 2.00 bits per heavy atom. The average Bonchev–Trinajstić information content (AvgIpc) is 2.00. The Kier molecular flexibility index (Phi) is 4.80. The third kappa shape index (κ3) is 5.00. The molecule has 1 N–H and O–H groups in total. The summed E-state index contributed by atoms with van der Waals surface area (Å²) in [6.07, 6.45) is 0.409. The Morgan fingerprint density at radius 1 is 1.46 bits per heavy atom. The zero-order valence-electron chi connectivity index (χ0n) is 8.22. The van der Waals surface area contributed by atoms with E-state index < -0.39 is 12.0 Å². The number of amides is 1. The van der Waals surface area contributed by atoms with Crippen molar-refractivity contribution in [1.29, 1.82) is 0 Å². The van der Waals surface area contributed by atoms with Crippen molar-refractivity contribution in [2.45, 2.75) is 26.3 Å². The SMILES string of the molecule is C=C(C)C[C@H](NC(C)=O)C(=O)OC. The van der Waals surface area contributed by atoms with Gasteiger partial charge in [0.25, 0.3) is 0 Å². The van der Waals surface area contributed by atoms with Crippen molar-refractivity contribution in [2.24, 2.45) is 0 Å². The molecule has 0 fully saturated rings. The van der Waals surface area contributed by atoms with Crippen molar-refractivity contribution < 1.29 is 14.3 Å². The molecule has 0 rings (SSSR count). The van der Waals surface area contributed by atoms with Crippen LogP contribution in [0.1, 0.15) is 20.3 Å². The van der Waals surface area contributed by atoms with Gasteiger partial charge in [0.15, 0.2) is 0 Å². The van der Waals surface area contributed by atoms with Gasteiger partial charge in [0, 0.05) is 6.92 Å². The van der Waals surface area contributed by atoms with E-state index in [1.807, 2.05) is 0 Å². The quantitative estimate of drug-likeness (QED) is 0.516. The molecule has 0 bridgehead atoms. The van der Waals surface area contributed by atoms with Gasteiger partial charge in [-0.2, -0.15) is 0 Å². The van der Waals surface area contributed by atoms with Crippen LogP contribution in [0.2, 0.25) is 0 Å². The van der Waals surface area contributed by atoms with Crippen LogP contribution >= 0.6 is 0 Å². The lowest BCUT2D eigenvalue weighted by Crippen LogP contribution is -2.40. The molecule has 0 saturated carbocycles. The summed E-state index contributed by atoms with van der Waals surface area (Å²) >= 11 is 0. The Bertz CT molecular complexity index is 207. The number of ether oxygens (including phenoxy) is 1. The van der Waals surface area contributed by atoms with Gasteiger partial charge >= 0.3 is 5.97 Å². The summed E-state index contributed by atoms with van der Waals surface area (Å²) < 4.78 is 4.52. The van der Waals surface area contributed by atoms with Gasteiger partial charge in [0.2, 0.25) is 5.91 Å². The minimum Gasteiger partial charge on any atom is -0.467 e. The predicted octanol–water partition coefficient (Wildman–Crippen LogP) is 0.630. The maximum Gasteiger partial charge on any atom is 0.328 e. The summed E-state index contributed by atoms with van der Waals surface area (Å²) in [4.78, 5) is 21.8. The van der Waals surface area contributed by atoms with Crippen molar-refractivity contribution in [3.63, 3.8) is 0 Å². The number of esters is 1. The van der Waals surface area contributed by atoms with Gasteiger partial charge in [-0.3, -0.25) is 4.79 Å². The molecule has 0 aromatic carbocycles. The van der Waals surface area contributed by atoms with Crippen LogP contribution in [0.25, 0.3) is 0 Å². The van der Waals surface area contributed by atoms with Crippen LogP contribution < -0.4 is 5.32 Å². The van der Waals surface area contributed by atoms with Crippen LogP contribution in [-0.4, -0.2) is 25.0 Å². The van der Waals surface area contributed by atoms with Gasteiger partial charge in [-0.15, -0.1) is 6.58 Å². The fraction of sp³-hybridized carbons (Fsp3) is 0.556. The van der Waals surface area contributed by atoms with Crippen LogP contribution in [0.3, 0.4) is 0 Å². The second-order valence-electron chi connectivity index (χ2n) is 2.94. The van der Waals surface area contributed by atoms with Crippen molar-refractivity contribution >= 4 is 11.9 Å². The molecule has 13 heavy (non-hydrogen) atoms. The summed E-state index contributed by atoms with van der Waals surface area (Å²) in [7, 11) is 1.29. The standard InChI is InChI=1S/C9H15NO3/c1-6(2)5-8(9(12)13-4)10-7(3)11/h8H,1,5H2,2-4H3,(H,10,11)/t8-/m0/s1. The first-order valence-electron chi connectivity index (χ1n) is 3.96. The molecule has 0 unspecified atom stereocenters. The molecule has 0 spiro atoms. The molecule has 0 radical (unpaired) electrons. The lowest BCUT2D eigenvalue weighted by atomic mass is 10.1. The van der Waals surface area contributed by atoms with Crippen molar-refractivity contribution in [3.05, 3.63) is 12.2 Å². The predicted molar refractivity (Wildman–Crippen MR) is 49.1 cm³/mol. The van der Waals surface area contributed by atoms with Crippen molar-refractivity contribution in [1.82, 2.24) is 5.32 Å². The smallest absolute Gasteiger partial charge is 0.328 e. The maximum absolute atomic E-state index is 11.1. The van der Waals surface area contributed by atoms with Gasteiger partial charge in [-0.1, -0.05) is 5.57 Å². The minimum atomic E-state index is -0.611. The molecular formula is C9H15NO3. The van der Waals surface area contributed by atoms with Crippen LogP contribution in [0.4, 0.5) is 0 Å². The summed E-state index contributed by atoms with van der Waals surface area (Å²) in [5, 5.41) is 2.49. The fourth-order valence-electron chi connectivity index (χ4n) is 0.929. The Morgan fingerprint density at radius 3 is 2.31 bits per heavy atom. The van der Waals surface area contributed by atoms with E-state index in [2.05, 4.69) is 16.6 Å². The molecule has 0 heterocycles. The molecule has 0 aliphatic rings. The number of carbonyl (C=O) groups excluding carboxylic acids is 2. The van der Waals surface area contributed by atoms with E-state index in [-0.39, 0.29) is 5.91 Å². The molecule has 1 amide bonds. The minimum absolute atomic E-state index is 0.253. The molecule has 0 aliphatic heterocycles. The van der Waals surface area contributed by atoms with E-state index in [0.717, 1.165) is 5.57 Å². The highest BCUT2D eigenvalue weighted by Gasteiger charge is 2.19. The average molecular weight is 185 g/mol. The van der Waals surface area contributed by atoms with Crippen LogP contribution in [-0.2, 0) is 14.3 Å². The largest absolute Gasteiger partial charge is 0.467 e. The van der Waals surface area contributed by atoms with Gasteiger partial charge in [-0.05, 0) is 13.3 Å². The van der Waals surface area contributed by atoms with Crippen LogP contribution in [0, 0.1) is 0 Å². The summed E-state index contributed by atoms with van der Waals surface area (Å²) in [6, 6.07) is -0.611. The second kappa shape index (κ2) is 5.35. The Hall–Kier alpha value is -1.32. The summed E-state index contributed by atoms with van der Waals surface area (Å²) in [5.41, 5.74) is 0.823. The third-order valence-electron chi connectivity index (χ3n) is 1.42. The first-order chi connectivity index (χ1) is 5.97. The monoisotopic (exact) mass is 185 g/mol. The van der Waals surface area contributed by atoms with Gasteiger partial charge in [0.05, 0.1) is 7.11 Å². The normalized spacial score (nSPS) is 11.6. The van der Waals surface area contributed by atoms with E-state index in [0.29, 0.717) is 6.42 Å². The number of nitrogens with one attached hydrogen (secondary N) is 1. The summed E-state index contributed by atoms with van der Waals surface area (Å²) in [5.74, 6) is -0.699. The Labute approximate surface area is 78.0 Å². The first kappa shape index (κ1) is 11.7. The third-order valence-corrected chi connectivity index (χ3v) is 1.42. The second-order valence-corrected chi connectivity index (χ2v) is 2.94. The number of methoxy groups -OCH3 is 1. The molecular weight excluding hydrogens is 170 g/mol. The highest BCUT2D eigenvalue weighted by molar-refractivity contribution is 5.83. The lowest BCUT2D eigenvalue weighted by Gasteiger charge is -2.14. The maximum atomic E-state index is 11.1. The van der Waals surface area contributed by atoms with Crippen LogP contribution in [0.15, 0.2) is 12.2 Å². The molecule has 4 heteroatoms. The first-order valence-corrected chi connectivity index (χ1v) is 3.96. The highest BCUT2D eigenvalue weighted by Crippen LogP contribution is 2.03. The molecule has 74 valence electrons. The van der Waals surface area contributed by atoms with Crippen LogP contribution in [0.5, 0.6) is 0 Å². The summed E-state index contributed by atoms with van der Waals surface area (Å²) in [6.45, 7) is 6.80. The molecule has 1 atom stereocenters. The van der Waals surface area contributed by atoms with E-state index in [9.17, 15) is 9.59 Å². The molecule has 0 saturated heterocycles. The number of carbonyl (C=O) groups is 2.